The van der Waals surface area contributed by atoms with E-state index in [1.807, 2.05) is 51.1 Å². The van der Waals surface area contributed by atoms with Crippen LogP contribution >= 0.6 is 15.9 Å². The van der Waals surface area contributed by atoms with Gasteiger partial charge in [0.2, 0.25) is 0 Å². The smallest absolute Gasteiger partial charge is 0.344 e. The highest BCUT2D eigenvalue weighted by Crippen LogP contribution is 2.25. The second-order valence-corrected chi connectivity index (χ2v) is 6.60. The first-order valence-electron chi connectivity index (χ1n) is 7.77. The molecule has 0 aromatic heterocycles. The van der Waals surface area contributed by atoms with E-state index in [4.69, 9.17) is 9.47 Å². The van der Waals surface area contributed by atoms with Crippen LogP contribution in [0.4, 0.5) is 5.69 Å². The maximum absolute atomic E-state index is 11.9. The lowest BCUT2D eigenvalue weighted by Gasteiger charge is -2.10. The number of hydrogen-bond acceptors (Lipinski definition) is 4. The summed E-state index contributed by atoms with van der Waals surface area (Å²) in [7, 11) is 0. The van der Waals surface area contributed by atoms with Gasteiger partial charge in [0.25, 0.3) is 5.91 Å². The third-order valence-corrected chi connectivity index (χ3v) is 4.07. The van der Waals surface area contributed by atoms with Crippen LogP contribution in [0.5, 0.6) is 5.75 Å². The van der Waals surface area contributed by atoms with Gasteiger partial charge in [-0.1, -0.05) is 23.8 Å². The standard InChI is InChI=1S/C19H20BrNO4/c1-12-4-6-16(14(3)8-12)21-18(22)10-25-19(23)11-24-17-7-5-13(2)9-15(17)20/h4-9H,10-11H2,1-3H3,(H,21,22). The largest absolute Gasteiger partial charge is 0.481 e. The zero-order valence-corrected chi connectivity index (χ0v) is 16.0. The number of benzene rings is 2. The van der Waals surface area contributed by atoms with E-state index in [1.165, 1.54) is 0 Å². The number of rotatable bonds is 6. The Morgan fingerprint density at radius 1 is 1.00 bits per heavy atom. The molecule has 5 nitrogen and oxygen atoms in total. The molecule has 0 unspecified atom stereocenters. The van der Waals surface area contributed by atoms with Crippen molar-refractivity contribution >= 4 is 33.5 Å². The molecule has 0 aliphatic heterocycles. The number of esters is 1. The number of ether oxygens (including phenoxy) is 2. The number of carbonyl (C=O) groups excluding carboxylic acids is 2. The lowest BCUT2D eigenvalue weighted by molar-refractivity contribution is -0.149. The van der Waals surface area contributed by atoms with Crippen molar-refractivity contribution in [2.24, 2.45) is 0 Å². The normalized spacial score (nSPS) is 10.2. The summed E-state index contributed by atoms with van der Waals surface area (Å²) >= 11 is 3.37. The fraction of sp³-hybridized carbons (Fsp3) is 0.263. The van der Waals surface area contributed by atoms with E-state index in [9.17, 15) is 9.59 Å². The van der Waals surface area contributed by atoms with Gasteiger partial charge in [0, 0.05) is 5.69 Å². The predicted octanol–water partition coefficient (Wildman–Crippen LogP) is 3.94. The molecule has 1 N–H and O–H groups in total. The number of carbonyl (C=O) groups is 2. The van der Waals surface area contributed by atoms with Crippen molar-refractivity contribution in [2.75, 3.05) is 18.5 Å². The number of nitrogens with one attached hydrogen (secondary N) is 1. The van der Waals surface area contributed by atoms with Crippen LogP contribution in [-0.4, -0.2) is 25.1 Å². The molecule has 6 heteroatoms. The van der Waals surface area contributed by atoms with Crippen molar-refractivity contribution in [1.82, 2.24) is 0 Å². The van der Waals surface area contributed by atoms with Crippen LogP contribution in [0.2, 0.25) is 0 Å². The molecule has 0 radical (unpaired) electrons. The van der Waals surface area contributed by atoms with Crippen molar-refractivity contribution in [3.05, 3.63) is 57.6 Å². The van der Waals surface area contributed by atoms with Gasteiger partial charge in [-0.15, -0.1) is 0 Å². The Morgan fingerprint density at radius 2 is 1.68 bits per heavy atom. The van der Waals surface area contributed by atoms with E-state index < -0.39 is 11.9 Å². The molecule has 0 fully saturated rings. The molecule has 1 amide bonds. The molecule has 25 heavy (non-hydrogen) atoms. The highest BCUT2D eigenvalue weighted by atomic mass is 79.9. The van der Waals surface area contributed by atoms with Crippen LogP contribution in [0.1, 0.15) is 16.7 Å². The molecule has 2 aromatic rings. The van der Waals surface area contributed by atoms with Crippen LogP contribution in [0.25, 0.3) is 0 Å². The van der Waals surface area contributed by atoms with Gasteiger partial charge in [-0.3, -0.25) is 4.79 Å². The van der Waals surface area contributed by atoms with E-state index in [0.29, 0.717) is 11.4 Å². The first-order chi connectivity index (χ1) is 11.8. The number of aryl methyl sites for hydroxylation is 3. The minimum Gasteiger partial charge on any atom is -0.481 e. The Morgan fingerprint density at radius 3 is 2.36 bits per heavy atom. The molecule has 132 valence electrons. The van der Waals surface area contributed by atoms with Crippen molar-refractivity contribution in [3.63, 3.8) is 0 Å². The molecule has 2 rings (SSSR count). The molecule has 0 saturated carbocycles. The van der Waals surface area contributed by atoms with E-state index >= 15 is 0 Å². The van der Waals surface area contributed by atoms with Crippen molar-refractivity contribution in [3.8, 4) is 5.75 Å². The minimum atomic E-state index is -0.608. The Hall–Kier alpha value is -2.34. The Balaban J connectivity index is 1.78. The van der Waals surface area contributed by atoms with Gasteiger partial charge in [0.15, 0.2) is 13.2 Å². The molecule has 0 saturated heterocycles. The lowest BCUT2D eigenvalue weighted by atomic mass is 10.1. The second kappa shape index (κ2) is 8.67. The summed E-state index contributed by atoms with van der Waals surface area (Å²) in [5.41, 5.74) is 3.84. The summed E-state index contributed by atoms with van der Waals surface area (Å²) in [6, 6.07) is 11.2. The zero-order chi connectivity index (χ0) is 18.4. The van der Waals surface area contributed by atoms with Crippen LogP contribution < -0.4 is 10.1 Å². The topological polar surface area (TPSA) is 64.6 Å². The molecule has 0 aliphatic carbocycles. The summed E-state index contributed by atoms with van der Waals surface area (Å²) in [5.74, 6) is -0.456. The summed E-state index contributed by atoms with van der Waals surface area (Å²) in [5, 5.41) is 2.72. The van der Waals surface area contributed by atoms with E-state index in [1.54, 1.807) is 6.07 Å². The molecule has 0 bridgehead atoms. The third-order valence-electron chi connectivity index (χ3n) is 3.45. The molecule has 0 aliphatic rings. The molecule has 0 heterocycles. The summed E-state index contributed by atoms with van der Waals surface area (Å²) in [4.78, 5) is 23.6. The number of halogens is 1. The Kier molecular flexibility index (Phi) is 6.58. The van der Waals surface area contributed by atoms with Crippen LogP contribution in [0, 0.1) is 20.8 Å². The number of hydrogen-bond donors (Lipinski definition) is 1. The molecule has 2 aromatic carbocycles. The Bertz CT molecular complexity index is 789. The fourth-order valence-electron chi connectivity index (χ4n) is 2.19. The van der Waals surface area contributed by atoms with Crippen LogP contribution in [0.15, 0.2) is 40.9 Å². The van der Waals surface area contributed by atoms with E-state index in [2.05, 4.69) is 21.2 Å². The maximum atomic E-state index is 11.9. The van der Waals surface area contributed by atoms with Gasteiger partial charge in [-0.25, -0.2) is 4.79 Å². The van der Waals surface area contributed by atoms with E-state index in [0.717, 1.165) is 21.2 Å². The second-order valence-electron chi connectivity index (χ2n) is 5.75. The monoisotopic (exact) mass is 405 g/mol. The highest BCUT2D eigenvalue weighted by Gasteiger charge is 2.11. The van der Waals surface area contributed by atoms with Gasteiger partial charge in [0.05, 0.1) is 4.47 Å². The van der Waals surface area contributed by atoms with Gasteiger partial charge in [-0.2, -0.15) is 0 Å². The molecule has 0 atom stereocenters. The Labute approximate surface area is 155 Å². The average molecular weight is 406 g/mol. The molecule has 0 spiro atoms. The van der Waals surface area contributed by atoms with Crippen molar-refractivity contribution in [1.29, 1.82) is 0 Å². The van der Waals surface area contributed by atoms with Crippen molar-refractivity contribution in [2.45, 2.75) is 20.8 Å². The molecular weight excluding hydrogens is 386 g/mol. The predicted molar refractivity (Wildman–Crippen MR) is 99.9 cm³/mol. The lowest BCUT2D eigenvalue weighted by Crippen LogP contribution is -2.24. The number of amides is 1. The fourth-order valence-corrected chi connectivity index (χ4v) is 2.80. The molecular formula is C19H20BrNO4. The van der Waals surface area contributed by atoms with Gasteiger partial charge in [-0.05, 0) is 66.0 Å². The van der Waals surface area contributed by atoms with Crippen LogP contribution in [0.3, 0.4) is 0 Å². The quantitative estimate of drug-likeness (QED) is 0.739. The first kappa shape index (κ1) is 19.0. The highest BCUT2D eigenvalue weighted by molar-refractivity contribution is 9.10. The van der Waals surface area contributed by atoms with Gasteiger partial charge >= 0.3 is 5.97 Å². The van der Waals surface area contributed by atoms with Gasteiger partial charge in [0.1, 0.15) is 5.75 Å². The maximum Gasteiger partial charge on any atom is 0.344 e. The van der Waals surface area contributed by atoms with Gasteiger partial charge < -0.3 is 14.8 Å². The summed E-state index contributed by atoms with van der Waals surface area (Å²) < 4.78 is 11.1. The number of anilines is 1. The summed E-state index contributed by atoms with van der Waals surface area (Å²) in [6.07, 6.45) is 0. The zero-order valence-electron chi connectivity index (χ0n) is 14.4. The first-order valence-corrected chi connectivity index (χ1v) is 8.56. The van der Waals surface area contributed by atoms with E-state index in [-0.39, 0.29) is 13.2 Å². The third kappa shape index (κ3) is 5.90. The minimum absolute atomic E-state index is 0.265. The van der Waals surface area contributed by atoms with Crippen LogP contribution in [-0.2, 0) is 14.3 Å². The SMILES string of the molecule is Cc1ccc(NC(=O)COC(=O)COc2ccc(C)cc2Br)c(C)c1. The average Bonchev–Trinajstić information content (AvgIpc) is 2.55. The summed E-state index contributed by atoms with van der Waals surface area (Å²) in [6.45, 7) is 5.22. The van der Waals surface area contributed by atoms with Crippen molar-refractivity contribution < 1.29 is 19.1 Å².